The van der Waals surface area contributed by atoms with Gasteiger partial charge >= 0.3 is 5.63 Å². The first-order valence-corrected chi connectivity index (χ1v) is 14.5. The number of Topliss-reactive ketones (excluding diaryl/α,β-unsaturated/α-hetero) is 1. The number of anilines is 2. The number of nitrogens with zero attached hydrogens (tertiary/aromatic N) is 1. The van der Waals surface area contributed by atoms with E-state index in [2.05, 4.69) is 4.72 Å². The molecule has 2 N–H and O–H groups in total. The summed E-state index contributed by atoms with van der Waals surface area (Å²) in [6.07, 6.45) is 4.82. The maximum atomic E-state index is 13.2. The molecule has 2 aliphatic rings. The van der Waals surface area contributed by atoms with Gasteiger partial charge in [0.2, 0.25) is 0 Å². The Kier molecular flexibility index (Phi) is 7.05. The normalized spacial score (nSPS) is 16.7. The summed E-state index contributed by atoms with van der Waals surface area (Å²) in [5, 5.41) is 11.3. The fourth-order valence-corrected chi connectivity index (χ4v) is 6.28. The van der Waals surface area contributed by atoms with Crippen molar-refractivity contribution < 1.29 is 22.7 Å². The van der Waals surface area contributed by atoms with E-state index in [0.29, 0.717) is 24.1 Å². The van der Waals surface area contributed by atoms with Crippen molar-refractivity contribution in [2.24, 2.45) is 5.92 Å². The molecular formula is C29H32N2O6S. The minimum Gasteiger partial charge on any atom is -0.506 e. The zero-order valence-corrected chi connectivity index (χ0v) is 22.4. The number of hydrogen-bond donors (Lipinski definition) is 2. The van der Waals surface area contributed by atoms with E-state index in [1.54, 1.807) is 42.5 Å². The molecule has 200 valence electrons. The maximum absolute atomic E-state index is 13.2. The van der Waals surface area contributed by atoms with Crippen LogP contribution in [0, 0.1) is 5.92 Å². The molecule has 38 heavy (non-hydrogen) atoms. The highest BCUT2D eigenvalue weighted by atomic mass is 32.2. The summed E-state index contributed by atoms with van der Waals surface area (Å²) in [7, 11) is -0.0969. The lowest BCUT2D eigenvalue weighted by Crippen LogP contribution is -2.21. The SMILES string of the molecule is CN(C)c1ccc(S(=O)(=O)Nc2cccc(C(c3c(O)c4c(oc3=O)CCCCCC4=O)C3CC3)c2)cc1. The number of hydrogen-bond acceptors (Lipinski definition) is 7. The van der Waals surface area contributed by atoms with Crippen LogP contribution in [0.5, 0.6) is 5.75 Å². The van der Waals surface area contributed by atoms with E-state index >= 15 is 0 Å². The Bertz CT molecular complexity index is 1520. The number of rotatable bonds is 7. The number of carbonyl (C=O) groups is 1. The largest absolute Gasteiger partial charge is 0.506 e. The summed E-state index contributed by atoms with van der Waals surface area (Å²) in [6.45, 7) is 0. The molecule has 1 unspecified atom stereocenters. The molecule has 3 aromatic rings. The molecule has 0 amide bonds. The van der Waals surface area contributed by atoms with E-state index in [-0.39, 0.29) is 39.2 Å². The Morgan fingerprint density at radius 1 is 1.00 bits per heavy atom. The van der Waals surface area contributed by atoms with Crippen molar-refractivity contribution in [3.05, 3.63) is 81.4 Å². The number of nitrogens with one attached hydrogen (secondary N) is 1. The van der Waals surface area contributed by atoms with Crippen LogP contribution in [0.3, 0.4) is 0 Å². The molecule has 8 nitrogen and oxygen atoms in total. The first-order valence-electron chi connectivity index (χ1n) is 13.0. The highest BCUT2D eigenvalue weighted by molar-refractivity contribution is 7.92. The molecule has 1 saturated carbocycles. The van der Waals surface area contributed by atoms with Crippen LogP contribution in [0.25, 0.3) is 0 Å². The fraction of sp³-hybridized carbons (Fsp3) is 0.379. The average molecular weight is 537 g/mol. The number of sulfonamides is 1. The topological polar surface area (TPSA) is 117 Å². The van der Waals surface area contributed by atoms with Crippen LogP contribution in [-0.2, 0) is 16.4 Å². The Morgan fingerprint density at radius 2 is 1.71 bits per heavy atom. The number of carbonyl (C=O) groups excluding carboxylic acids is 1. The van der Waals surface area contributed by atoms with Crippen molar-refractivity contribution in [2.75, 3.05) is 23.7 Å². The van der Waals surface area contributed by atoms with E-state index in [9.17, 15) is 23.1 Å². The third-order valence-corrected chi connectivity index (χ3v) is 8.76. The van der Waals surface area contributed by atoms with Gasteiger partial charge in [-0.1, -0.05) is 18.6 Å². The van der Waals surface area contributed by atoms with Crippen molar-refractivity contribution in [1.82, 2.24) is 0 Å². The van der Waals surface area contributed by atoms with Gasteiger partial charge in [-0.15, -0.1) is 0 Å². The van der Waals surface area contributed by atoms with Crippen LogP contribution in [0.4, 0.5) is 11.4 Å². The molecule has 0 aliphatic heterocycles. The van der Waals surface area contributed by atoms with E-state index in [0.717, 1.165) is 37.8 Å². The van der Waals surface area contributed by atoms with Gasteiger partial charge in [-0.3, -0.25) is 9.52 Å². The number of ketones is 1. The monoisotopic (exact) mass is 536 g/mol. The molecule has 1 fully saturated rings. The second-order valence-electron chi connectivity index (χ2n) is 10.4. The summed E-state index contributed by atoms with van der Waals surface area (Å²) in [6, 6.07) is 13.4. The van der Waals surface area contributed by atoms with E-state index in [1.165, 1.54) is 0 Å². The Labute approximate surface area is 222 Å². The van der Waals surface area contributed by atoms with Gasteiger partial charge in [0.25, 0.3) is 10.0 Å². The molecule has 1 heterocycles. The van der Waals surface area contributed by atoms with E-state index < -0.39 is 21.6 Å². The lowest BCUT2D eigenvalue weighted by molar-refractivity contribution is 0.0968. The smallest absolute Gasteiger partial charge is 0.343 e. The molecule has 0 bridgehead atoms. The number of fused-ring (bicyclic) bond motifs is 1. The van der Waals surface area contributed by atoms with Gasteiger partial charge in [0, 0.05) is 44.2 Å². The first kappa shape index (κ1) is 26.0. The van der Waals surface area contributed by atoms with Gasteiger partial charge in [0.15, 0.2) is 5.78 Å². The molecule has 5 rings (SSSR count). The lowest BCUT2D eigenvalue weighted by atomic mass is 9.85. The van der Waals surface area contributed by atoms with Crippen molar-refractivity contribution in [1.29, 1.82) is 0 Å². The summed E-state index contributed by atoms with van der Waals surface area (Å²) in [4.78, 5) is 28.1. The molecule has 9 heteroatoms. The molecule has 1 atom stereocenters. The molecule has 2 aliphatic carbocycles. The fourth-order valence-electron chi connectivity index (χ4n) is 5.23. The van der Waals surface area contributed by atoms with E-state index in [4.69, 9.17) is 4.42 Å². The Morgan fingerprint density at radius 3 is 2.39 bits per heavy atom. The predicted octanol–water partition coefficient (Wildman–Crippen LogP) is 5.05. The van der Waals surface area contributed by atoms with Crippen molar-refractivity contribution in [3.8, 4) is 5.75 Å². The van der Waals surface area contributed by atoms with Gasteiger partial charge < -0.3 is 14.4 Å². The zero-order chi connectivity index (χ0) is 27.0. The van der Waals surface area contributed by atoms with Gasteiger partial charge in [0.1, 0.15) is 11.5 Å². The molecule has 0 spiro atoms. The third-order valence-electron chi connectivity index (χ3n) is 7.36. The number of aryl methyl sites for hydroxylation is 1. The second-order valence-corrected chi connectivity index (χ2v) is 12.1. The molecular weight excluding hydrogens is 504 g/mol. The third kappa shape index (κ3) is 5.20. The molecule has 1 aromatic heterocycles. The molecule has 0 saturated heterocycles. The highest BCUT2D eigenvalue weighted by Gasteiger charge is 2.39. The standard InChI is InChI=1S/C29H32N2O6S/c1-31(2)21-13-15-22(16-14-21)38(35,36)30-20-8-6-7-19(17-20)25(18-11-12-18)27-28(33)26-23(32)9-4-3-5-10-24(26)37-29(27)34/h6-8,13-18,25,30,33H,3-5,9-12H2,1-2H3. The van der Waals surface area contributed by atoms with Crippen LogP contribution < -0.4 is 15.2 Å². The van der Waals surface area contributed by atoms with E-state index in [1.807, 2.05) is 25.1 Å². The zero-order valence-electron chi connectivity index (χ0n) is 21.6. The summed E-state index contributed by atoms with van der Waals surface area (Å²) >= 11 is 0. The van der Waals surface area contributed by atoms with Crippen molar-refractivity contribution in [3.63, 3.8) is 0 Å². The predicted molar refractivity (Wildman–Crippen MR) is 146 cm³/mol. The van der Waals surface area contributed by atoms with Crippen molar-refractivity contribution >= 4 is 27.2 Å². The summed E-state index contributed by atoms with van der Waals surface area (Å²) in [5.41, 5.74) is 1.47. The van der Waals surface area contributed by atoms with Crippen LogP contribution in [-0.4, -0.2) is 33.4 Å². The lowest BCUT2D eigenvalue weighted by Gasteiger charge is -2.21. The van der Waals surface area contributed by atoms with Gasteiger partial charge in [-0.05, 0) is 73.6 Å². The van der Waals surface area contributed by atoms with Gasteiger partial charge in [0.05, 0.1) is 16.0 Å². The average Bonchev–Trinajstić information content (AvgIpc) is 3.70. The highest BCUT2D eigenvalue weighted by Crippen LogP contribution is 2.49. The van der Waals surface area contributed by atoms with Gasteiger partial charge in [-0.25, -0.2) is 13.2 Å². The summed E-state index contributed by atoms with van der Waals surface area (Å²) < 4.78 is 34.4. The quantitative estimate of drug-likeness (QED) is 0.434. The minimum absolute atomic E-state index is 0.0796. The Hall–Kier alpha value is -3.59. The van der Waals surface area contributed by atoms with Crippen LogP contribution in [0.1, 0.15) is 71.7 Å². The summed E-state index contributed by atoms with van der Waals surface area (Å²) in [5.74, 6) is -0.669. The molecule has 0 radical (unpaired) electrons. The maximum Gasteiger partial charge on any atom is 0.343 e. The van der Waals surface area contributed by atoms with Crippen LogP contribution in [0.15, 0.2) is 62.6 Å². The molecule has 2 aromatic carbocycles. The minimum atomic E-state index is -3.85. The van der Waals surface area contributed by atoms with Crippen LogP contribution >= 0.6 is 0 Å². The van der Waals surface area contributed by atoms with Crippen molar-refractivity contribution in [2.45, 2.75) is 55.8 Å². The van der Waals surface area contributed by atoms with Crippen LogP contribution in [0.2, 0.25) is 0 Å². The van der Waals surface area contributed by atoms with Gasteiger partial charge in [-0.2, -0.15) is 0 Å². The Balaban J connectivity index is 1.51. The first-order chi connectivity index (χ1) is 18.2. The second kappa shape index (κ2) is 10.3. The number of aromatic hydroxyl groups is 1. The number of benzene rings is 2.